The van der Waals surface area contributed by atoms with Gasteiger partial charge >= 0.3 is 0 Å². The fraction of sp³-hybridized carbons (Fsp3) is 0.389. The van der Waals surface area contributed by atoms with Crippen molar-refractivity contribution in [1.29, 1.82) is 0 Å². The predicted octanol–water partition coefficient (Wildman–Crippen LogP) is 5.18. The molecule has 0 aliphatic heterocycles. The Balaban J connectivity index is 2.61. The Morgan fingerprint density at radius 2 is 2.05 bits per heavy atom. The number of rotatable bonds is 6. The van der Waals surface area contributed by atoms with Crippen LogP contribution in [-0.2, 0) is 6.42 Å². The summed E-state index contributed by atoms with van der Waals surface area (Å²) >= 11 is 0. The van der Waals surface area contributed by atoms with E-state index in [0.717, 1.165) is 30.5 Å². The Bertz CT molecular complexity index is 492. The molecule has 0 saturated heterocycles. The van der Waals surface area contributed by atoms with E-state index in [1.807, 2.05) is 20.1 Å². The van der Waals surface area contributed by atoms with Gasteiger partial charge in [0.15, 0.2) is 0 Å². The highest BCUT2D eigenvalue weighted by molar-refractivity contribution is 5.55. The van der Waals surface area contributed by atoms with Crippen LogP contribution in [0.15, 0.2) is 47.1 Å². The zero-order chi connectivity index (χ0) is 14.3. The van der Waals surface area contributed by atoms with Gasteiger partial charge in [-0.1, -0.05) is 35.9 Å². The van der Waals surface area contributed by atoms with E-state index in [1.54, 1.807) is 0 Å². The Morgan fingerprint density at radius 3 is 2.68 bits per heavy atom. The zero-order valence-electron chi connectivity index (χ0n) is 12.7. The molecule has 1 aromatic rings. The van der Waals surface area contributed by atoms with Gasteiger partial charge in [-0.25, -0.2) is 0 Å². The summed E-state index contributed by atoms with van der Waals surface area (Å²) in [6, 6.07) is 6.67. The summed E-state index contributed by atoms with van der Waals surface area (Å²) in [7, 11) is 0. The van der Waals surface area contributed by atoms with Gasteiger partial charge in [-0.3, -0.25) is 4.99 Å². The summed E-state index contributed by atoms with van der Waals surface area (Å²) in [5, 5.41) is 0. The summed E-state index contributed by atoms with van der Waals surface area (Å²) < 4.78 is 0. The van der Waals surface area contributed by atoms with Crippen molar-refractivity contribution in [2.45, 2.75) is 47.0 Å². The fourth-order valence-electron chi connectivity index (χ4n) is 2.15. The molecular formula is C18H25N. The molecule has 0 unspecified atom stereocenters. The first-order valence-corrected chi connectivity index (χ1v) is 6.94. The first-order chi connectivity index (χ1) is 9.02. The summed E-state index contributed by atoms with van der Waals surface area (Å²) in [5.74, 6) is 0. The maximum Gasteiger partial charge on any atom is 0.0402 e. The first-order valence-electron chi connectivity index (χ1n) is 6.94. The minimum absolute atomic E-state index is 1.00. The van der Waals surface area contributed by atoms with Crippen molar-refractivity contribution in [2.24, 2.45) is 4.99 Å². The van der Waals surface area contributed by atoms with Crippen LogP contribution in [0.25, 0.3) is 0 Å². The third kappa shape index (κ3) is 5.69. The third-order valence-electron chi connectivity index (χ3n) is 3.09. The molecule has 0 radical (unpaired) electrons. The van der Waals surface area contributed by atoms with Crippen molar-refractivity contribution in [3.63, 3.8) is 0 Å². The summed E-state index contributed by atoms with van der Waals surface area (Å²) in [5.41, 5.74) is 6.36. The van der Waals surface area contributed by atoms with Crippen molar-refractivity contribution in [3.05, 3.63) is 58.8 Å². The van der Waals surface area contributed by atoms with Crippen LogP contribution < -0.4 is 0 Å². The molecule has 0 heterocycles. The monoisotopic (exact) mass is 255 g/mol. The van der Waals surface area contributed by atoms with E-state index in [0.29, 0.717) is 0 Å². The molecule has 0 bridgehead atoms. The molecule has 0 aromatic heterocycles. The van der Waals surface area contributed by atoms with Crippen molar-refractivity contribution in [1.82, 2.24) is 0 Å². The van der Waals surface area contributed by atoms with Crippen LogP contribution in [0.5, 0.6) is 0 Å². The Hall–Kier alpha value is -1.63. The van der Waals surface area contributed by atoms with Gasteiger partial charge in [-0.05, 0) is 64.2 Å². The van der Waals surface area contributed by atoms with E-state index in [4.69, 9.17) is 0 Å². The van der Waals surface area contributed by atoms with E-state index in [2.05, 4.69) is 49.7 Å². The van der Waals surface area contributed by atoms with E-state index in [-0.39, 0.29) is 0 Å². The average Bonchev–Trinajstić information content (AvgIpc) is 2.33. The normalized spacial score (nSPS) is 12.1. The largest absolute Gasteiger partial charge is 0.266 e. The van der Waals surface area contributed by atoms with Gasteiger partial charge in [0.1, 0.15) is 0 Å². The fourth-order valence-corrected chi connectivity index (χ4v) is 2.15. The Kier molecular flexibility index (Phi) is 6.27. The highest BCUT2D eigenvalue weighted by Crippen LogP contribution is 2.16. The van der Waals surface area contributed by atoms with Crippen molar-refractivity contribution in [3.8, 4) is 0 Å². The van der Waals surface area contributed by atoms with Crippen molar-refractivity contribution >= 4 is 6.21 Å². The maximum atomic E-state index is 4.41. The molecule has 1 rings (SSSR count). The zero-order valence-corrected chi connectivity index (χ0v) is 12.7. The number of hydrogen-bond acceptors (Lipinski definition) is 1. The number of benzene rings is 1. The van der Waals surface area contributed by atoms with Crippen molar-refractivity contribution in [2.75, 3.05) is 0 Å². The van der Waals surface area contributed by atoms with Crippen LogP contribution >= 0.6 is 0 Å². The minimum Gasteiger partial charge on any atom is -0.266 e. The Morgan fingerprint density at radius 1 is 1.32 bits per heavy atom. The van der Waals surface area contributed by atoms with Gasteiger partial charge in [0, 0.05) is 11.9 Å². The maximum absolute atomic E-state index is 4.41. The van der Waals surface area contributed by atoms with Gasteiger partial charge in [-0.2, -0.15) is 0 Å². The lowest BCUT2D eigenvalue weighted by Gasteiger charge is -2.07. The van der Waals surface area contributed by atoms with Crippen LogP contribution in [0.2, 0.25) is 0 Å². The minimum atomic E-state index is 1.00. The van der Waals surface area contributed by atoms with E-state index in [9.17, 15) is 0 Å². The molecular weight excluding hydrogens is 230 g/mol. The first kappa shape index (κ1) is 15.4. The van der Waals surface area contributed by atoms with Gasteiger partial charge in [0.2, 0.25) is 0 Å². The quantitative estimate of drug-likeness (QED) is 0.491. The van der Waals surface area contributed by atoms with E-state index in [1.165, 1.54) is 16.7 Å². The molecule has 0 spiro atoms. The van der Waals surface area contributed by atoms with Gasteiger partial charge < -0.3 is 0 Å². The topological polar surface area (TPSA) is 12.4 Å². The molecule has 102 valence electrons. The van der Waals surface area contributed by atoms with Gasteiger partial charge in [0.05, 0.1) is 0 Å². The standard InChI is InChI=1S/C18H25N/c1-6-19-18(12-14(2)3)9-7-8-17-13-15(4)10-11-16(17)5/h6,10-13H,2,7-9H2,1,3-5H3/b18-12-,19-6?. The number of nitrogens with zero attached hydrogens (tertiary/aromatic N) is 1. The lowest BCUT2D eigenvalue weighted by atomic mass is 10.00. The number of aliphatic imine (C=N–C) groups is 1. The molecule has 1 aromatic carbocycles. The number of allylic oxidation sites excluding steroid dienone is 3. The van der Waals surface area contributed by atoms with Crippen LogP contribution in [0.4, 0.5) is 0 Å². The SMILES string of the molecule is C=C(C)/C=C(/CCCc1cc(C)ccc1C)N=CC. The molecule has 0 N–H and O–H groups in total. The summed E-state index contributed by atoms with van der Waals surface area (Å²) in [6.45, 7) is 12.2. The highest BCUT2D eigenvalue weighted by Gasteiger charge is 2.01. The second kappa shape index (κ2) is 7.73. The predicted molar refractivity (Wildman–Crippen MR) is 85.9 cm³/mol. The molecule has 19 heavy (non-hydrogen) atoms. The molecule has 0 atom stereocenters. The second-order valence-electron chi connectivity index (χ2n) is 5.15. The molecule has 0 fully saturated rings. The molecule has 0 aliphatic carbocycles. The molecule has 0 aliphatic rings. The Labute approximate surface area is 117 Å². The number of hydrogen-bond donors (Lipinski definition) is 0. The lowest BCUT2D eigenvalue weighted by molar-refractivity contribution is 0.800. The van der Waals surface area contributed by atoms with Crippen LogP contribution in [-0.4, -0.2) is 6.21 Å². The molecule has 1 nitrogen and oxygen atoms in total. The lowest BCUT2D eigenvalue weighted by Crippen LogP contribution is -1.92. The van der Waals surface area contributed by atoms with E-state index < -0.39 is 0 Å². The second-order valence-corrected chi connectivity index (χ2v) is 5.15. The van der Waals surface area contributed by atoms with Gasteiger partial charge in [-0.15, -0.1) is 0 Å². The smallest absolute Gasteiger partial charge is 0.0402 e. The molecule has 1 heteroatoms. The summed E-state index contributed by atoms with van der Waals surface area (Å²) in [6.07, 6.45) is 7.17. The molecule has 0 saturated carbocycles. The van der Waals surface area contributed by atoms with Crippen molar-refractivity contribution < 1.29 is 0 Å². The van der Waals surface area contributed by atoms with Crippen LogP contribution in [0, 0.1) is 13.8 Å². The molecule has 0 amide bonds. The highest BCUT2D eigenvalue weighted by atomic mass is 14.7. The van der Waals surface area contributed by atoms with E-state index >= 15 is 0 Å². The summed E-state index contributed by atoms with van der Waals surface area (Å²) in [4.78, 5) is 4.41. The average molecular weight is 255 g/mol. The third-order valence-corrected chi connectivity index (χ3v) is 3.09. The van der Waals surface area contributed by atoms with Gasteiger partial charge in [0.25, 0.3) is 0 Å². The number of aryl methyl sites for hydroxylation is 3. The van der Waals surface area contributed by atoms with Crippen LogP contribution in [0.1, 0.15) is 43.4 Å². The van der Waals surface area contributed by atoms with Crippen LogP contribution in [0.3, 0.4) is 0 Å².